The summed E-state index contributed by atoms with van der Waals surface area (Å²) in [5, 5.41) is 5.68. The average Bonchev–Trinajstić information content (AvgIpc) is 2.15. The number of rotatable bonds is 6. The molecule has 0 aromatic heterocycles. The Labute approximate surface area is 90.6 Å². The Balaban J connectivity index is 3.87. The van der Waals surface area contributed by atoms with E-state index in [2.05, 4.69) is 15.4 Å². The molecular weight excluding hydrogens is 196 g/mol. The zero-order valence-electron chi connectivity index (χ0n) is 9.79. The summed E-state index contributed by atoms with van der Waals surface area (Å²) in [6, 6.07) is -0.316. The highest BCUT2D eigenvalue weighted by atomic mass is 16.5. The molecule has 0 heterocycles. The molecule has 0 spiro atoms. The van der Waals surface area contributed by atoms with Gasteiger partial charge in [-0.25, -0.2) is 0 Å². The van der Waals surface area contributed by atoms with E-state index in [1.807, 2.05) is 13.8 Å². The van der Waals surface area contributed by atoms with Gasteiger partial charge in [0.1, 0.15) is 6.04 Å². The molecule has 88 valence electrons. The minimum absolute atomic E-state index is 0.0732. The van der Waals surface area contributed by atoms with E-state index in [1.54, 1.807) is 0 Å². The minimum atomic E-state index is -0.316. The minimum Gasteiger partial charge on any atom is -0.468 e. The van der Waals surface area contributed by atoms with Gasteiger partial charge in [0, 0.05) is 20.0 Å². The number of nitrogens with one attached hydrogen (secondary N) is 2. The van der Waals surface area contributed by atoms with Gasteiger partial charge in [-0.1, -0.05) is 13.8 Å². The van der Waals surface area contributed by atoms with Crippen LogP contribution in [-0.2, 0) is 14.3 Å². The van der Waals surface area contributed by atoms with Crippen LogP contribution in [-0.4, -0.2) is 38.1 Å². The molecule has 0 aromatic rings. The molecule has 0 aliphatic rings. The fourth-order valence-corrected chi connectivity index (χ4v) is 1.18. The molecule has 1 atom stereocenters. The largest absolute Gasteiger partial charge is 0.468 e. The predicted molar refractivity (Wildman–Crippen MR) is 57.3 cm³/mol. The maximum absolute atomic E-state index is 11.3. The first-order valence-electron chi connectivity index (χ1n) is 5.04. The topological polar surface area (TPSA) is 67.4 Å². The number of hydrogen-bond acceptors (Lipinski definition) is 4. The third-order valence-electron chi connectivity index (χ3n) is 1.98. The van der Waals surface area contributed by atoms with Gasteiger partial charge in [-0.05, 0) is 5.92 Å². The summed E-state index contributed by atoms with van der Waals surface area (Å²) in [4.78, 5) is 21.9. The molecule has 0 aromatic carbocycles. The normalized spacial score (nSPS) is 12.3. The molecule has 5 nitrogen and oxygen atoms in total. The maximum Gasteiger partial charge on any atom is 0.323 e. The van der Waals surface area contributed by atoms with E-state index in [9.17, 15) is 9.59 Å². The Morgan fingerprint density at radius 2 is 1.87 bits per heavy atom. The van der Waals surface area contributed by atoms with Gasteiger partial charge in [-0.2, -0.15) is 0 Å². The van der Waals surface area contributed by atoms with Crippen LogP contribution in [0.3, 0.4) is 0 Å². The second-order valence-electron chi connectivity index (χ2n) is 3.68. The second-order valence-corrected chi connectivity index (χ2v) is 3.68. The summed E-state index contributed by atoms with van der Waals surface area (Å²) in [5.74, 6) is -0.182. The lowest BCUT2D eigenvalue weighted by Gasteiger charge is -2.19. The van der Waals surface area contributed by atoms with Crippen molar-refractivity contribution >= 4 is 11.9 Å². The van der Waals surface area contributed by atoms with Gasteiger partial charge in [0.05, 0.1) is 7.11 Å². The highest BCUT2D eigenvalue weighted by molar-refractivity contribution is 5.76. The fourth-order valence-electron chi connectivity index (χ4n) is 1.18. The van der Waals surface area contributed by atoms with E-state index in [4.69, 9.17) is 0 Å². The first-order chi connectivity index (χ1) is 6.99. The van der Waals surface area contributed by atoms with Crippen LogP contribution in [0.15, 0.2) is 0 Å². The molecule has 0 aliphatic heterocycles. The zero-order chi connectivity index (χ0) is 11.8. The lowest BCUT2D eigenvalue weighted by atomic mass is 10.1. The first kappa shape index (κ1) is 13.9. The van der Waals surface area contributed by atoms with E-state index < -0.39 is 0 Å². The molecule has 0 fully saturated rings. The predicted octanol–water partition coefficient (Wildman–Crippen LogP) is -0.0903. The van der Waals surface area contributed by atoms with Crippen molar-refractivity contribution < 1.29 is 14.3 Å². The molecule has 5 heteroatoms. The van der Waals surface area contributed by atoms with Crippen LogP contribution in [0.1, 0.15) is 20.8 Å². The Kier molecular flexibility index (Phi) is 6.70. The summed E-state index contributed by atoms with van der Waals surface area (Å²) in [5.41, 5.74) is 0. The molecular formula is C10H20N2O3. The van der Waals surface area contributed by atoms with E-state index in [1.165, 1.54) is 14.0 Å². The molecule has 0 aliphatic carbocycles. The SMILES string of the molecule is COC(=O)C(NCCNC(C)=O)C(C)C. The first-order valence-corrected chi connectivity index (χ1v) is 5.04. The van der Waals surface area contributed by atoms with Crippen molar-refractivity contribution in [2.45, 2.75) is 26.8 Å². The lowest BCUT2D eigenvalue weighted by Crippen LogP contribution is -2.44. The monoisotopic (exact) mass is 216 g/mol. The third kappa shape index (κ3) is 6.06. The van der Waals surface area contributed by atoms with E-state index >= 15 is 0 Å². The average molecular weight is 216 g/mol. The van der Waals surface area contributed by atoms with Gasteiger partial charge >= 0.3 is 5.97 Å². The van der Waals surface area contributed by atoms with Crippen LogP contribution in [0.5, 0.6) is 0 Å². The molecule has 15 heavy (non-hydrogen) atoms. The molecule has 1 amide bonds. The summed E-state index contributed by atoms with van der Waals surface area (Å²) >= 11 is 0. The van der Waals surface area contributed by atoms with Crippen LogP contribution < -0.4 is 10.6 Å². The van der Waals surface area contributed by atoms with E-state index in [0.29, 0.717) is 13.1 Å². The van der Waals surface area contributed by atoms with Gasteiger partial charge in [0.25, 0.3) is 0 Å². The van der Waals surface area contributed by atoms with Gasteiger partial charge in [-0.15, -0.1) is 0 Å². The number of carbonyl (C=O) groups excluding carboxylic acids is 2. The molecule has 0 radical (unpaired) electrons. The molecule has 0 saturated carbocycles. The number of carbonyl (C=O) groups is 2. The number of methoxy groups -OCH3 is 1. The molecule has 2 N–H and O–H groups in total. The highest BCUT2D eigenvalue weighted by Gasteiger charge is 2.21. The van der Waals surface area contributed by atoms with Gasteiger partial charge < -0.3 is 15.4 Å². The highest BCUT2D eigenvalue weighted by Crippen LogP contribution is 2.02. The maximum atomic E-state index is 11.3. The Hall–Kier alpha value is -1.10. The standard InChI is InChI=1S/C10H20N2O3/c1-7(2)9(10(14)15-4)12-6-5-11-8(3)13/h7,9,12H,5-6H2,1-4H3,(H,11,13). The third-order valence-corrected chi connectivity index (χ3v) is 1.98. The summed E-state index contributed by atoms with van der Waals surface area (Å²) in [6.07, 6.45) is 0. The fraction of sp³-hybridized carbons (Fsp3) is 0.800. The van der Waals surface area contributed by atoms with Crippen LogP contribution in [0.25, 0.3) is 0 Å². The van der Waals surface area contributed by atoms with Gasteiger partial charge in [0.15, 0.2) is 0 Å². The van der Waals surface area contributed by atoms with Crippen LogP contribution in [0.4, 0.5) is 0 Å². The Morgan fingerprint density at radius 1 is 1.27 bits per heavy atom. The van der Waals surface area contributed by atoms with Crippen molar-refractivity contribution in [1.29, 1.82) is 0 Å². The summed E-state index contributed by atoms with van der Waals surface area (Å²) in [7, 11) is 1.37. The molecule has 0 rings (SSSR count). The van der Waals surface area contributed by atoms with Crippen molar-refractivity contribution in [1.82, 2.24) is 10.6 Å². The van der Waals surface area contributed by atoms with Gasteiger partial charge in [-0.3, -0.25) is 9.59 Å². The van der Waals surface area contributed by atoms with Crippen LogP contribution in [0.2, 0.25) is 0 Å². The summed E-state index contributed by atoms with van der Waals surface area (Å²) in [6.45, 7) is 6.40. The lowest BCUT2D eigenvalue weighted by molar-refractivity contribution is -0.144. The van der Waals surface area contributed by atoms with Crippen molar-refractivity contribution in [3.63, 3.8) is 0 Å². The zero-order valence-corrected chi connectivity index (χ0v) is 9.79. The number of hydrogen-bond donors (Lipinski definition) is 2. The quantitative estimate of drug-likeness (QED) is 0.481. The van der Waals surface area contributed by atoms with Gasteiger partial charge in [0.2, 0.25) is 5.91 Å². The molecule has 0 saturated heterocycles. The van der Waals surface area contributed by atoms with Crippen LogP contribution >= 0.6 is 0 Å². The van der Waals surface area contributed by atoms with Crippen molar-refractivity contribution in [2.24, 2.45) is 5.92 Å². The Morgan fingerprint density at radius 3 is 2.27 bits per heavy atom. The molecule has 1 unspecified atom stereocenters. The van der Waals surface area contributed by atoms with Crippen molar-refractivity contribution in [3.05, 3.63) is 0 Å². The van der Waals surface area contributed by atoms with E-state index in [-0.39, 0.29) is 23.8 Å². The summed E-state index contributed by atoms with van der Waals surface area (Å²) < 4.78 is 4.66. The van der Waals surface area contributed by atoms with Crippen LogP contribution in [0, 0.1) is 5.92 Å². The number of ether oxygens (including phenoxy) is 1. The van der Waals surface area contributed by atoms with Crippen molar-refractivity contribution in [2.75, 3.05) is 20.2 Å². The Bertz CT molecular complexity index is 217. The second kappa shape index (κ2) is 7.23. The molecule has 0 bridgehead atoms. The van der Waals surface area contributed by atoms with E-state index in [0.717, 1.165) is 0 Å². The van der Waals surface area contributed by atoms with Crippen molar-refractivity contribution in [3.8, 4) is 0 Å². The number of esters is 1. The smallest absolute Gasteiger partial charge is 0.323 e. The number of amides is 1.